The number of rotatable bonds is 0. The molecule has 0 aromatic carbocycles. The lowest BCUT2D eigenvalue weighted by atomic mass is 10.5. The van der Waals surface area contributed by atoms with Gasteiger partial charge in [-0.25, -0.2) is 9.38 Å². The average Bonchev–Trinajstić information content (AvgIpc) is 2.44. The molecule has 0 spiro atoms. The lowest BCUT2D eigenvalue weighted by Gasteiger charge is -2.02. The third kappa shape index (κ3) is 1.13. The Kier molecular flexibility index (Phi) is 1.81. The first-order valence-electron chi connectivity index (χ1n) is 3.47. The molecular formula is C6H6ClN5S. The molecule has 2 aromatic heterocycles. The monoisotopic (exact) mass is 215 g/mol. The number of anilines is 1. The van der Waals surface area contributed by atoms with Gasteiger partial charge in [0.1, 0.15) is 15.9 Å². The van der Waals surface area contributed by atoms with Gasteiger partial charge in [0, 0.05) is 0 Å². The molecule has 2 N–H and O–H groups in total. The van der Waals surface area contributed by atoms with E-state index in [-0.39, 0.29) is 5.95 Å². The van der Waals surface area contributed by atoms with Crippen LogP contribution in [0.2, 0.25) is 5.02 Å². The maximum Gasteiger partial charge on any atom is 0.227 e. The quantitative estimate of drug-likeness (QED) is 0.507. The number of aromatic nitrogens is 4. The maximum absolute atomic E-state index is 5.89. The molecule has 0 fully saturated rings. The van der Waals surface area contributed by atoms with Gasteiger partial charge in [0.25, 0.3) is 0 Å². The Morgan fingerprint density at radius 3 is 2.85 bits per heavy atom. The molecular weight excluding hydrogens is 210 g/mol. The molecule has 0 atom stereocenters. The Bertz CT molecular complexity index is 479. The Morgan fingerprint density at radius 2 is 2.15 bits per heavy atom. The number of thiol groups is 1. The average molecular weight is 216 g/mol. The largest absolute Gasteiger partial charge is 0.368 e. The molecule has 7 heteroatoms. The van der Waals surface area contributed by atoms with Crippen LogP contribution in [0, 0.1) is 6.92 Å². The number of hydrogen-bond acceptors (Lipinski definition) is 5. The zero-order valence-corrected chi connectivity index (χ0v) is 8.34. The van der Waals surface area contributed by atoms with Gasteiger partial charge in [-0.2, -0.15) is 0 Å². The van der Waals surface area contributed by atoms with E-state index in [1.165, 1.54) is 0 Å². The molecule has 0 unspecified atom stereocenters. The number of nitrogens with zero attached hydrogens (tertiary/aromatic N) is 4. The number of halogens is 1. The van der Waals surface area contributed by atoms with E-state index in [9.17, 15) is 0 Å². The van der Waals surface area contributed by atoms with E-state index in [2.05, 4.69) is 27.8 Å². The second kappa shape index (κ2) is 2.74. The molecule has 0 saturated heterocycles. The van der Waals surface area contributed by atoms with E-state index in [0.29, 0.717) is 21.5 Å². The second-order valence-corrected chi connectivity index (χ2v) is 3.32. The van der Waals surface area contributed by atoms with E-state index >= 15 is 0 Å². The highest BCUT2D eigenvalue weighted by Crippen LogP contribution is 2.23. The zero-order valence-electron chi connectivity index (χ0n) is 6.69. The summed E-state index contributed by atoms with van der Waals surface area (Å²) in [5.74, 6) is 0.933. The summed E-state index contributed by atoms with van der Waals surface area (Å²) in [5, 5.41) is 8.29. The zero-order chi connectivity index (χ0) is 9.59. The van der Waals surface area contributed by atoms with Crippen molar-refractivity contribution in [1.82, 2.24) is 19.6 Å². The summed E-state index contributed by atoms with van der Waals surface area (Å²) >= 11 is 9.98. The van der Waals surface area contributed by atoms with Gasteiger partial charge in [-0.05, 0) is 6.92 Å². The van der Waals surface area contributed by atoms with Crippen LogP contribution in [0.5, 0.6) is 0 Å². The fraction of sp³-hybridized carbons (Fsp3) is 0.167. The summed E-state index contributed by atoms with van der Waals surface area (Å²) in [6.45, 7) is 1.78. The molecule has 5 nitrogen and oxygen atoms in total. The summed E-state index contributed by atoms with van der Waals surface area (Å²) in [5.41, 5.74) is 6.04. The second-order valence-electron chi connectivity index (χ2n) is 2.51. The van der Waals surface area contributed by atoms with Crippen LogP contribution in [0.4, 0.5) is 5.95 Å². The highest BCUT2D eigenvalue weighted by Gasteiger charge is 2.12. The molecule has 0 aliphatic carbocycles. The Morgan fingerprint density at radius 1 is 1.46 bits per heavy atom. The topological polar surface area (TPSA) is 69.1 Å². The fourth-order valence-electron chi connectivity index (χ4n) is 1.11. The smallest absolute Gasteiger partial charge is 0.227 e. The first kappa shape index (κ1) is 8.58. The first-order valence-corrected chi connectivity index (χ1v) is 4.29. The van der Waals surface area contributed by atoms with Crippen molar-refractivity contribution < 1.29 is 0 Å². The van der Waals surface area contributed by atoms with Crippen molar-refractivity contribution in [2.75, 3.05) is 5.73 Å². The van der Waals surface area contributed by atoms with E-state index < -0.39 is 0 Å². The molecule has 2 rings (SSSR count). The lowest BCUT2D eigenvalue weighted by molar-refractivity contribution is 0.934. The van der Waals surface area contributed by atoms with E-state index in [0.717, 1.165) is 0 Å². The third-order valence-electron chi connectivity index (χ3n) is 1.67. The number of hydrogen-bond donors (Lipinski definition) is 2. The molecule has 0 aliphatic rings. The molecule has 0 amide bonds. The predicted octanol–water partition coefficient (Wildman–Crippen LogP) is 0.957. The normalized spacial score (nSPS) is 11.0. The van der Waals surface area contributed by atoms with Crippen LogP contribution >= 0.6 is 24.2 Å². The van der Waals surface area contributed by atoms with Crippen LogP contribution < -0.4 is 5.73 Å². The molecule has 2 aromatic rings. The molecule has 0 bridgehead atoms. The minimum absolute atomic E-state index is 0.273. The Labute approximate surface area is 84.3 Å². The summed E-state index contributed by atoms with van der Waals surface area (Å²) in [4.78, 5) is 4.07. The molecule has 0 radical (unpaired) electrons. The minimum Gasteiger partial charge on any atom is -0.368 e. The van der Waals surface area contributed by atoms with Crippen LogP contribution in [0.3, 0.4) is 0 Å². The highest BCUT2D eigenvalue weighted by molar-refractivity contribution is 7.80. The highest BCUT2D eigenvalue weighted by atomic mass is 35.5. The van der Waals surface area contributed by atoms with Crippen molar-refractivity contribution in [2.24, 2.45) is 0 Å². The van der Waals surface area contributed by atoms with Crippen LogP contribution in [0.25, 0.3) is 5.65 Å². The van der Waals surface area contributed by atoms with E-state index in [4.69, 9.17) is 17.3 Å². The van der Waals surface area contributed by atoms with Crippen LogP contribution in [-0.2, 0) is 0 Å². The van der Waals surface area contributed by atoms with Gasteiger partial charge in [-0.15, -0.1) is 22.8 Å². The van der Waals surface area contributed by atoms with Gasteiger partial charge < -0.3 is 5.73 Å². The number of aryl methyl sites for hydroxylation is 1. The SMILES string of the molecule is Cc1nc(S)c(Cl)c2nnc(N)n12. The van der Waals surface area contributed by atoms with Gasteiger partial charge in [0.15, 0.2) is 5.65 Å². The molecule has 2 heterocycles. The van der Waals surface area contributed by atoms with Crippen molar-refractivity contribution >= 4 is 35.8 Å². The molecule has 68 valence electrons. The predicted molar refractivity (Wildman–Crippen MR) is 52.2 cm³/mol. The molecule has 13 heavy (non-hydrogen) atoms. The van der Waals surface area contributed by atoms with Gasteiger partial charge in [0.2, 0.25) is 5.95 Å². The van der Waals surface area contributed by atoms with Gasteiger partial charge in [-0.1, -0.05) is 11.6 Å². The Balaban J connectivity index is 2.99. The van der Waals surface area contributed by atoms with Gasteiger partial charge in [0.05, 0.1) is 0 Å². The number of fused-ring (bicyclic) bond motifs is 1. The standard InChI is InChI=1S/C6H6ClN5S/c1-2-9-5(13)3(7)4-10-11-6(8)12(2)4/h13H,1H3,(H2,8,11). The summed E-state index contributed by atoms with van der Waals surface area (Å²) in [6.07, 6.45) is 0. The third-order valence-corrected chi connectivity index (χ3v) is 2.48. The lowest BCUT2D eigenvalue weighted by Crippen LogP contribution is -2.01. The van der Waals surface area contributed by atoms with Gasteiger partial charge in [-0.3, -0.25) is 0 Å². The van der Waals surface area contributed by atoms with Gasteiger partial charge >= 0.3 is 0 Å². The van der Waals surface area contributed by atoms with Crippen LogP contribution in [0.1, 0.15) is 5.82 Å². The summed E-state index contributed by atoms with van der Waals surface area (Å²) < 4.78 is 1.57. The summed E-state index contributed by atoms with van der Waals surface area (Å²) in [7, 11) is 0. The summed E-state index contributed by atoms with van der Waals surface area (Å²) in [6, 6.07) is 0. The van der Waals surface area contributed by atoms with Crippen LogP contribution in [0.15, 0.2) is 5.03 Å². The van der Waals surface area contributed by atoms with Crippen molar-refractivity contribution in [1.29, 1.82) is 0 Å². The molecule has 0 saturated carbocycles. The van der Waals surface area contributed by atoms with Crippen LogP contribution in [-0.4, -0.2) is 19.6 Å². The molecule has 0 aliphatic heterocycles. The van der Waals surface area contributed by atoms with E-state index in [1.807, 2.05) is 0 Å². The minimum atomic E-state index is 0.273. The number of nitrogen functional groups attached to an aromatic ring is 1. The van der Waals surface area contributed by atoms with Crippen molar-refractivity contribution in [3.63, 3.8) is 0 Å². The number of nitrogens with two attached hydrogens (primary N) is 1. The van der Waals surface area contributed by atoms with Crippen molar-refractivity contribution in [3.8, 4) is 0 Å². The maximum atomic E-state index is 5.89. The van der Waals surface area contributed by atoms with Crippen molar-refractivity contribution in [3.05, 3.63) is 10.8 Å². The first-order chi connectivity index (χ1) is 6.11. The van der Waals surface area contributed by atoms with Crippen molar-refractivity contribution in [2.45, 2.75) is 11.9 Å². The van der Waals surface area contributed by atoms with E-state index in [1.54, 1.807) is 11.3 Å². The fourth-order valence-corrected chi connectivity index (χ4v) is 1.52. The Hall–Kier alpha value is -1.01.